The summed E-state index contributed by atoms with van der Waals surface area (Å²) < 4.78 is 16.7. The van der Waals surface area contributed by atoms with E-state index < -0.39 is 12.1 Å². The third-order valence-corrected chi connectivity index (χ3v) is 4.68. The van der Waals surface area contributed by atoms with E-state index in [-0.39, 0.29) is 11.2 Å². The van der Waals surface area contributed by atoms with Gasteiger partial charge in [-0.25, -0.2) is 4.79 Å². The van der Waals surface area contributed by atoms with Gasteiger partial charge in [0.05, 0.1) is 10.9 Å². The molecule has 0 unspecified atom stereocenters. The number of ether oxygens (including phenoxy) is 2. The Bertz CT molecular complexity index is 1260. The van der Waals surface area contributed by atoms with Crippen LogP contribution in [0.4, 0.5) is 0 Å². The smallest absolute Gasteiger partial charge is 0.352 e. The Morgan fingerprint density at radius 1 is 0.933 bits per heavy atom. The third-order valence-electron chi connectivity index (χ3n) is 4.68. The van der Waals surface area contributed by atoms with E-state index in [4.69, 9.17) is 13.9 Å². The summed E-state index contributed by atoms with van der Waals surface area (Å²) in [6.45, 7) is 3.57. The summed E-state index contributed by atoms with van der Waals surface area (Å²) in [6.07, 6.45) is 0.629. The number of carbonyl (C=O) groups excluding carboxylic acids is 1. The van der Waals surface area contributed by atoms with Crippen LogP contribution in [-0.2, 0) is 4.79 Å². The van der Waals surface area contributed by atoms with E-state index in [9.17, 15) is 9.59 Å². The highest BCUT2D eigenvalue weighted by Gasteiger charge is 2.18. The number of esters is 1. The second-order valence-electron chi connectivity index (χ2n) is 7.00. The highest BCUT2D eigenvalue weighted by Crippen LogP contribution is 2.23. The van der Waals surface area contributed by atoms with E-state index in [0.29, 0.717) is 22.3 Å². The van der Waals surface area contributed by atoms with Crippen LogP contribution in [0.25, 0.3) is 22.1 Å². The largest absolute Gasteiger partial charge is 0.479 e. The summed E-state index contributed by atoms with van der Waals surface area (Å²) in [5, 5.41) is 0.417. The molecule has 0 fully saturated rings. The molecule has 150 valence electrons. The molecule has 0 aliphatic rings. The molecule has 5 nitrogen and oxygen atoms in total. The van der Waals surface area contributed by atoms with Crippen molar-refractivity contribution in [2.45, 2.75) is 20.0 Å². The maximum atomic E-state index is 12.8. The third kappa shape index (κ3) is 4.10. The zero-order valence-electron chi connectivity index (χ0n) is 16.6. The molecule has 1 atom stereocenters. The van der Waals surface area contributed by atoms with E-state index in [1.54, 1.807) is 25.1 Å². The first kappa shape index (κ1) is 19.5. The molecule has 0 aliphatic heterocycles. The zero-order valence-corrected chi connectivity index (χ0v) is 16.6. The van der Waals surface area contributed by atoms with Crippen molar-refractivity contribution in [2.75, 3.05) is 0 Å². The highest BCUT2D eigenvalue weighted by molar-refractivity contribution is 5.84. The van der Waals surface area contributed by atoms with E-state index in [1.807, 2.05) is 55.5 Å². The molecular formula is C25H20O5. The molecular weight excluding hydrogens is 380 g/mol. The number of hydrogen-bond donors (Lipinski definition) is 0. The summed E-state index contributed by atoms with van der Waals surface area (Å²) in [6, 6.07) is 21.5. The van der Waals surface area contributed by atoms with Gasteiger partial charge in [0, 0.05) is 6.07 Å². The van der Waals surface area contributed by atoms with Gasteiger partial charge in [-0.05, 0) is 49.2 Å². The second-order valence-corrected chi connectivity index (χ2v) is 7.00. The van der Waals surface area contributed by atoms with Crippen LogP contribution in [-0.4, -0.2) is 12.1 Å². The van der Waals surface area contributed by atoms with Crippen molar-refractivity contribution in [3.63, 3.8) is 0 Å². The summed E-state index contributed by atoms with van der Waals surface area (Å²) in [5.74, 6) is 0.333. The fraction of sp³-hybridized carbons (Fsp3) is 0.120. The fourth-order valence-electron chi connectivity index (χ4n) is 3.13. The lowest BCUT2D eigenvalue weighted by molar-refractivity contribution is -0.141. The van der Waals surface area contributed by atoms with Crippen LogP contribution in [0.2, 0.25) is 0 Å². The van der Waals surface area contributed by atoms with Gasteiger partial charge in [-0.3, -0.25) is 4.79 Å². The number of rotatable bonds is 5. The SMILES string of the molecule is Cc1cccc(O[C@@H](C)C(=O)Oc2ccc3c(=O)c(-c4ccccc4)coc3c2)c1. The Hall–Kier alpha value is -3.86. The zero-order chi connectivity index (χ0) is 21.1. The normalized spacial score (nSPS) is 11.8. The Kier molecular flexibility index (Phi) is 5.35. The minimum atomic E-state index is -0.796. The van der Waals surface area contributed by atoms with E-state index in [1.165, 1.54) is 12.3 Å². The lowest BCUT2D eigenvalue weighted by Gasteiger charge is -2.14. The van der Waals surface area contributed by atoms with Gasteiger partial charge in [-0.1, -0.05) is 42.5 Å². The van der Waals surface area contributed by atoms with Crippen LogP contribution in [0.3, 0.4) is 0 Å². The number of carbonyl (C=O) groups is 1. The molecule has 0 aliphatic carbocycles. The van der Waals surface area contributed by atoms with Crippen LogP contribution < -0.4 is 14.9 Å². The fourth-order valence-corrected chi connectivity index (χ4v) is 3.13. The average molecular weight is 400 g/mol. The molecule has 0 saturated heterocycles. The maximum Gasteiger partial charge on any atom is 0.352 e. The van der Waals surface area contributed by atoms with Gasteiger partial charge < -0.3 is 13.9 Å². The second kappa shape index (κ2) is 8.25. The highest BCUT2D eigenvalue weighted by atomic mass is 16.6. The van der Waals surface area contributed by atoms with Crippen molar-refractivity contribution in [1.29, 1.82) is 0 Å². The quantitative estimate of drug-likeness (QED) is 0.343. The van der Waals surface area contributed by atoms with Crippen LogP contribution in [0.1, 0.15) is 12.5 Å². The minimum absolute atomic E-state index is 0.142. The minimum Gasteiger partial charge on any atom is -0.479 e. The summed E-state index contributed by atoms with van der Waals surface area (Å²) >= 11 is 0. The Morgan fingerprint density at radius 3 is 2.50 bits per heavy atom. The summed E-state index contributed by atoms with van der Waals surface area (Å²) in [4.78, 5) is 25.2. The van der Waals surface area contributed by atoms with Gasteiger partial charge in [0.1, 0.15) is 23.3 Å². The molecule has 5 heteroatoms. The van der Waals surface area contributed by atoms with Gasteiger partial charge in [0.15, 0.2) is 11.5 Å². The predicted molar refractivity (Wildman–Crippen MR) is 115 cm³/mol. The molecule has 4 rings (SSSR count). The lowest BCUT2D eigenvalue weighted by Crippen LogP contribution is -2.28. The number of hydrogen-bond acceptors (Lipinski definition) is 5. The van der Waals surface area contributed by atoms with E-state index in [2.05, 4.69) is 0 Å². The molecule has 0 spiro atoms. The molecule has 1 aromatic heterocycles. The molecule has 1 heterocycles. The topological polar surface area (TPSA) is 65.7 Å². The maximum absolute atomic E-state index is 12.8. The first-order valence-electron chi connectivity index (χ1n) is 9.57. The van der Waals surface area contributed by atoms with Gasteiger partial charge >= 0.3 is 5.97 Å². The molecule has 0 amide bonds. The Morgan fingerprint density at radius 2 is 1.73 bits per heavy atom. The van der Waals surface area contributed by atoms with Crippen LogP contribution in [0, 0.1) is 6.92 Å². The molecule has 0 saturated carbocycles. The lowest BCUT2D eigenvalue weighted by atomic mass is 10.1. The molecule has 0 radical (unpaired) electrons. The first-order valence-corrected chi connectivity index (χ1v) is 9.57. The number of benzene rings is 3. The van der Waals surface area contributed by atoms with E-state index in [0.717, 1.165) is 11.1 Å². The molecule has 0 N–H and O–H groups in total. The van der Waals surface area contributed by atoms with Gasteiger partial charge in [0.25, 0.3) is 0 Å². The first-order chi connectivity index (χ1) is 14.5. The molecule has 4 aromatic rings. The molecule has 3 aromatic carbocycles. The van der Waals surface area contributed by atoms with Crippen molar-refractivity contribution >= 4 is 16.9 Å². The van der Waals surface area contributed by atoms with Crippen molar-refractivity contribution in [3.05, 3.63) is 94.8 Å². The predicted octanol–water partition coefficient (Wildman–Crippen LogP) is 5.14. The van der Waals surface area contributed by atoms with E-state index >= 15 is 0 Å². The van der Waals surface area contributed by atoms with Crippen molar-refractivity contribution in [1.82, 2.24) is 0 Å². The number of aryl methyl sites for hydroxylation is 1. The molecule has 0 bridgehead atoms. The number of fused-ring (bicyclic) bond motifs is 1. The molecule has 30 heavy (non-hydrogen) atoms. The van der Waals surface area contributed by atoms with Crippen molar-refractivity contribution < 1.29 is 18.7 Å². The van der Waals surface area contributed by atoms with Gasteiger partial charge in [-0.2, -0.15) is 0 Å². The van der Waals surface area contributed by atoms with Crippen LogP contribution in [0.5, 0.6) is 11.5 Å². The average Bonchev–Trinajstić information content (AvgIpc) is 2.74. The Labute approximate surface area is 173 Å². The summed E-state index contributed by atoms with van der Waals surface area (Å²) in [5.41, 5.74) is 2.50. The van der Waals surface area contributed by atoms with Crippen molar-refractivity contribution in [2.24, 2.45) is 0 Å². The van der Waals surface area contributed by atoms with Crippen LogP contribution in [0.15, 0.2) is 88.3 Å². The van der Waals surface area contributed by atoms with Crippen molar-refractivity contribution in [3.8, 4) is 22.6 Å². The Balaban J connectivity index is 1.53. The van der Waals surface area contributed by atoms with Crippen LogP contribution >= 0.6 is 0 Å². The van der Waals surface area contributed by atoms with Gasteiger partial charge in [-0.15, -0.1) is 0 Å². The summed E-state index contributed by atoms with van der Waals surface area (Å²) in [7, 11) is 0. The monoisotopic (exact) mass is 400 g/mol. The van der Waals surface area contributed by atoms with Gasteiger partial charge in [0.2, 0.25) is 0 Å². The standard InChI is InChI=1S/C25H20O5/c1-16-7-6-10-19(13-16)29-17(2)25(27)30-20-11-12-21-23(14-20)28-15-22(24(21)26)18-8-4-3-5-9-18/h3-15,17H,1-2H3/t17-/m0/s1.